The lowest BCUT2D eigenvalue weighted by Gasteiger charge is -2.60. The minimum absolute atomic E-state index is 0.0556. The maximum absolute atomic E-state index is 12.2. The van der Waals surface area contributed by atoms with Crippen LogP contribution in [-0.4, -0.2) is 36.0 Å². The number of unbranched alkanes of at least 4 members (excludes halogenated alkanes) is 2. The van der Waals surface area contributed by atoms with Gasteiger partial charge in [-0.1, -0.05) is 32.8 Å². The molecule has 4 nitrogen and oxygen atoms in total. The van der Waals surface area contributed by atoms with E-state index in [1.54, 1.807) is 6.92 Å². The highest BCUT2D eigenvalue weighted by Gasteiger charge is 2.60. The van der Waals surface area contributed by atoms with Crippen LogP contribution < -0.4 is 0 Å². The fourth-order valence-corrected chi connectivity index (χ4v) is 7.05. The van der Waals surface area contributed by atoms with Crippen LogP contribution in [0.1, 0.15) is 97.3 Å². The Kier molecular flexibility index (Phi) is 6.14. The van der Waals surface area contributed by atoms with Gasteiger partial charge in [0.05, 0.1) is 17.8 Å². The van der Waals surface area contributed by atoms with Crippen molar-refractivity contribution in [1.29, 1.82) is 0 Å². The largest absolute Gasteiger partial charge is 0.456 e. The summed E-state index contributed by atoms with van der Waals surface area (Å²) in [6.45, 7) is 9.56. The van der Waals surface area contributed by atoms with E-state index in [2.05, 4.69) is 13.5 Å². The van der Waals surface area contributed by atoms with E-state index < -0.39 is 0 Å². The van der Waals surface area contributed by atoms with Crippen LogP contribution in [-0.2, 0) is 19.0 Å². The summed E-state index contributed by atoms with van der Waals surface area (Å²) < 4.78 is 18.5. The summed E-state index contributed by atoms with van der Waals surface area (Å²) in [4.78, 5) is 12.2. The summed E-state index contributed by atoms with van der Waals surface area (Å²) in [5.74, 6) is 1.08. The molecule has 0 spiro atoms. The van der Waals surface area contributed by atoms with E-state index in [9.17, 15) is 4.79 Å². The van der Waals surface area contributed by atoms with Gasteiger partial charge in [-0.15, -0.1) is 0 Å². The fourth-order valence-electron chi connectivity index (χ4n) is 7.05. The van der Waals surface area contributed by atoms with Crippen LogP contribution in [0.2, 0.25) is 0 Å². The molecule has 4 saturated carbocycles. The van der Waals surface area contributed by atoms with E-state index >= 15 is 0 Å². The van der Waals surface area contributed by atoms with Crippen molar-refractivity contribution < 1.29 is 19.0 Å². The first-order valence-corrected chi connectivity index (χ1v) is 12.0. The van der Waals surface area contributed by atoms with Gasteiger partial charge in [0.1, 0.15) is 5.60 Å². The van der Waals surface area contributed by atoms with Gasteiger partial charge in [0.15, 0.2) is 0 Å². The normalized spacial score (nSPS) is 39.9. The van der Waals surface area contributed by atoms with Crippen LogP contribution in [0.3, 0.4) is 0 Å². The molecule has 0 aromatic heterocycles. The average molecular weight is 405 g/mol. The first-order valence-electron chi connectivity index (χ1n) is 12.0. The van der Waals surface area contributed by atoms with Gasteiger partial charge in [0, 0.05) is 18.6 Å². The lowest BCUT2D eigenvalue weighted by Crippen LogP contribution is -2.61. The van der Waals surface area contributed by atoms with Crippen LogP contribution in [0.5, 0.6) is 0 Å². The van der Waals surface area contributed by atoms with Crippen molar-refractivity contribution in [1.82, 2.24) is 0 Å². The molecule has 1 aliphatic heterocycles. The molecule has 0 aromatic carbocycles. The van der Waals surface area contributed by atoms with Crippen LogP contribution in [0.25, 0.3) is 0 Å². The Bertz CT molecular complexity index is 606. The summed E-state index contributed by atoms with van der Waals surface area (Å²) >= 11 is 0. The molecule has 5 fully saturated rings. The molecule has 164 valence electrons. The van der Waals surface area contributed by atoms with Crippen molar-refractivity contribution in [3.05, 3.63) is 12.2 Å². The van der Waals surface area contributed by atoms with Crippen molar-refractivity contribution in [2.75, 3.05) is 13.2 Å². The molecule has 29 heavy (non-hydrogen) atoms. The van der Waals surface area contributed by atoms with Crippen LogP contribution in [0.15, 0.2) is 12.2 Å². The zero-order chi connectivity index (χ0) is 20.5. The second-order valence-corrected chi connectivity index (χ2v) is 10.7. The Hall–Kier alpha value is -0.870. The summed E-state index contributed by atoms with van der Waals surface area (Å²) in [5.41, 5.74) is 0.357. The van der Waals surface area contributed by atoms with Gasteiger partial charge in [-0.25, -0.2) is 4.79 Å². The van der Waals surface area contributed by atoms with E-state index in [-0.39, 0.29) is 22.8 Å². The quantitative estimate of drug-likeness (QED) is 0.250. The average Bonchev–Trinajstić information content (AvgIpc) is 2.60. The third-order valence-electron chi connectivity index (χ3n) is 7.97. The van der Waals surface area contributed by atoms with E-state index in [4.69, 9.17) is 14.2 Å². The highest BCUT2D eigenvalue weighted by Crippen LogP contribution is 2.60. The number of rotatable bonds is 11. The smallest absolute Gasteiger partial charge is 0.333 e. The SMILES string of the molecule is C=C(C)C(=O)OC12CC3CC(CC(OCCCCCC4(CCC)CCO4)(C3)C1)C2. The first-order chi connectivity index (χ1) is 13.9. The number of ether oxygens (including phenoxy) is 3. The predicted octanol–water partition coefficient (Wildman–Crippen LogP) is 5.73. The predicted molar refractivity (Wildman–Crippen MR) is 114 cm³/mol. The molecule has 5 rings (SSSR count). The van der Waals surface area contributed by atoms with Crippen molar-refractivity contribution in [3.63, 3.8) is 0 Å². The molecule has 1 heterocycles. The van der Waals surface area contributed by atoms with E-state index in [0.717, 1.165) is 51.7 Å². The molecule has 0 N–H and O–H groups in total. The van der Waals surface area contributed by atoms with Gasteiger partial charge in [0.2, 0.25) is 0 Å². The Morgan fingerprint density at radius 1 is 1.07 bits per heavy atom. The molecule has 0 radical (unpaired) electrons. The molecule has 1 saturated heterocycles. The summed E-state index contributed by atoms with van der Waals surface area (Å²) in [7, 11) is 0. The number of carbonyl (C=O) groups is 1. The zero-order valence-electron chi connectivity index (χ0n) is 18.6. The molecular weight excluding hydrogens is 364 g/mol. The highest BCUT2D eigenvalue weighted by atomic mass is 16.6. The number of hydrogen-bond donors (Lipinski definition) is 0. The third-order valence-corrected chi connectivity index (χ3v) is 7.97. The first kappa shape index (κ1) is 21.4. The summed E-state index contributed by atoms with van der Waals surface area (Å²) in [6, 6.07) is 0. The lowest BCUT2D eigenvalue weighted by molar-refractivity contribution is -0.232. The Morgan fingerprint density at radius 3 is 2.34 bits per heavy atom. The molecule has 0 amide bonds. The van der Waals surface area contributed by atoms with E-state index in [1.165, 1.54) is 44.9 Å². The second kappa shape index (κ2) is 8.34. The Labute approximate surface area is 176 Å². The monoisotopic (exact) mass is 404 g/mol. The topological polar surface area (TPSA) is 44.8 Å². The fraction of sp³-hybridized carbons (Fsp3) is 0.880. The lowest BCUT2D eigenvalue weighted by atomic mass is 9.52. The van der Waals surface area contributed by atoms with Crippen LogP contribution in [0, 0.1) is 11.8 Å². The van der Waals surface area contributed by atoms with E-state index in [1.807, 2.05) is 0 Å². The molecule has 0 aromatic rings. The van der Waals surface area contributed by atoms with Gasteiger partial charge in [-0.3, -0.25) is 0 Å². The zero-order valence-corrected chi connectivity index (χ0v) is 18.6. The number of esters is 1. The molecule has 4 aliphatic carbocycles. The maximum atomic E-state index is 12.2. The molecule has 4 heteroatoms. The standard InChI is InChI=1S/C25H40O4/c1-4-8-23(10-12-28-23)9-6-5-7-11-27-24-14-20-13-21(15-24)17-25(16-20,18-24)29-22(26)19(2)3/h20-21H,2,4-18H2,1,3H3. The number of hydrogen-bond acceptors (Lipinski definition) is 4. The van der Waals surface area contributed by atoms with Gasteiger partial charge < -0.3 is 14.2 Å². The number of carbonyl (C=O) groups excluding carboxylic acids is 1. The molecule has 3 unspecified atom stereocenters. The van der Waals surface area contributed by atoms with Crippen molar-refractivity contribution in [3.8, 4) is 0 Å². The molecular formula is C25H40O4. The Balaban J connectivity index is 1.24. The minimum Gasteiger partial charge on any atom is -0.456 e. The van der Waals surface area contributed by atoms with E-state index in [0.29, 0.717) is 17.4 Å². The van der Waals surface area contributed by atoms with Crippen LogP contribution in [0.4, 0.5) is 0 Å². The van der Waals surface area contributed by atoms with Gasteiger partial charge in [0.25, 0.3) is 0 Å². The van der Waals surface area contributed by atoms with Gasteiger partial charge >= 0.3 is 5.97 Å². The van der Waals surface area contributed by atoms with Crippen molar-refractivity contribution in [2.24, 2.45) is 11.8 Å². The Morgan fingerprint density at radius 2 is 1.76 bits per heavy atom. The van der Waals surface area contributed by atoms with Gasteiger partial charge in [-0.05, 0) is 76.5 Å². The van der Waals surface area contributed by atoms with Crippen LogP contribution >= 0.6 is 0 Å². The van der Waals surface area contributed by atoms with Crippen molar-refractivity contribution in [2.45, 2.75) is 114 Å². The second-order valence-electron chi connectivity index (χ2n) is 10.7. The minimum atomic E-state index is -0.297. The highest BCUT2D eigenvalue weighted by molar-refractivity contribution is 5.87. The van der Waals surface area contributed by atoms with Crippen molar-refractivity contribution >= 4 is 5.97 Å². The van der Waals surface area contributed by atoms with Gasteiger partial charge in [-0.2, -0.15) is 0 Å². The molecule has 5 aliphatic rings. The summed E-state index contributed by atoms with van der Waals surface area (Å²) in [5, 5.41) is 0. The third kappa shape index (κ3) is 4.58. The molecule has 4 bridgehead atoms. The maximum Gasteiger partial charge on any atom is 0.333 e. The summed E-state index contributed by atoms with van der Waals surface area (Å²) in [6.07, 6.45) is 15.0. The molecule has 3 atom stereocenters.